The van der Waals surface area contributed by atoms with E-state index in [1.54, 1.807) is 23.5 Å². The highest BCUT2D eigenvalue weighted by Crippen LogP contribution is 2.30. The Bertz CT molecular complexity index is 624. The van der Waals surface area contributed by atoms with Crippen molar-refractivity contribution in [1.82, 2.24) is 0 Å². The molecule has 0 aliphatic heterocycles. The number of nitro benzene ring substituents is 1. The number of anilines is 1. The lowest BCUT2D eigenvalue weighted by molar-refractivity contribution is -0.384. The summed E-state index contributed by atoms with van der Waals surface area (Å²) < 4.78 is 0. The van der Waals surface area contributed by atoms with Gasteiger partial charge in [-0.25, -0.2) is 0 Å². The van der Waals surface area contributed by atoms with Gasteiger partial charge < -0.3 is 10.4 Å². The lowest BCUT2D eigenvalue weighted by Crippen LogP contribution is -2.26. The molecule has 2 rings (SSSR count). The number of aliphatic hydroxyl groups excluding tert-OH is 1. The van der Waals surface area contributed by atoms with E-state index in [1.165, 1.54) is 10.9 Å². The summed E-state index contributed by atoms with van der Waals surface area (Å²) in [6.45, 7) is 4.62. The SMILES string of the molecule is CC(C)(CNc1cc(CO)ccc1[N+](=O)[O-])c1cccs1. The average Bonchev–Trinajstić information content (AvgIpc) is 2.99. The number of benzene rings is 1. The summed E-state index contributed by atoms with van der Waals surface area (Å²) in [6, 6.07) is 8.67. The van der Waals surface area contributed by atoms with E-state index in [4.69, 9.17) is 0 Å². The van der Waals surface area contributed by atoms with Crippen molar-refractivity contribution in [3.8, 4) is 0 Å². The minimum atomic E-state index is -0.415. The molecule has 0 fully saturated rings. The standard InChI is InChI=1S/C15H18N2O3S/c1-15(2,14-4-3-7-21-14)10-16-12-8-11(9-18)5-6-13(12)17(19)20/h3-8,16,18H,9-10H2,1-2H3. The second-order valence-electron chi connectivity index (χ2n) is 5.48. The van der Waals surface area contributed by atoms with Gasteiger partial charge in [-0.15, -0.1) is 11.3 Å². The first-order valence-corrected chi connectivity index (χ1v) is 7.48. The van der Waals surface area contributed by atoms with Crippen molar-refractivity contribution in [2.45, 2.75) is 25.9 Å². The van der Waals surface area contributed by atoms with Gasteiger partial charge in [-0.1, -0.05) is 19.9 Å². The molecule has 2 aromatic rings. The highest BCUT2D eigenvalue weighted by atomic mass is 32.1. The molecule has 0 amide bonds. The molecule has 6 heteroatoms. The molecule has 0 radical (unpaired) electrons. The van der Waals surface area contributed by atoms with Crippen LogP contribution in [-0.2, 0) is 12.0 Å². The Morgan fingerprint density at radius 3 is 2.71 bits per heavy atom. The molecule has 0 bridgehead atoms. The molecule has 0 saturated heterocycles. The molecule has 0 atom stereocenters. The summed E-state index contributed by atoms with van der Waals surface area (Å²) >= 11 is 1.67. The molecule has 1 aromatic heterocycles. The molecule has 5 nitrogen and oxygen atoms in total. The third kappa shape index (κ3) is 3.59. The van der Waals surface area contributed by atoms with Crippen LogP contribution in [-0.4, -0.2) is 16.6 Å². The Morgan fingerprint density at radius 2 is 2.14 bits per heavy atom. The van der Waals surface area contributed by atoms with E-state index in [-0.39, 0.29) is 17.7 Å². The maximum absolute atomic E-state index is 11.1. The van der Waals surface area contributed by atoms with Crippen LogP contribution in [0.15, 0.2) is 35.7 Å². The van der Waals surface area contributed by atoms with E-state index < -0.39 is 4.92 Å². The number of hydrogen-bond acceptors (Lipinski definition) is 5. The zero-order valence-corrected chi connectivity index (χ0v) is 12.8. The number of thiophene rings is 1. The van der Waals surface area contributed by atoms with Crippen LogP contribution >= 0.6 is 11.3 Å². The molecule has 2 N–H and O–H groups in total. The van der Waals surface area contributed by atoms with E-state index in [0.29, 0.717) is 17.8 Å². The van der Waals surface area contributed by atoms with Crippen molar-refractivity contribution in [2.24, 2.45) is 0 Å². The van der Waals surface area contributed by atoms with Gasteiger partial charge in [0.05, 0.1) is 11.5 Å². The Balaban J connectivity index is 2.21. The summed E-state index contributed by atoms with van der Waals surface area (Å²) in [5.41, 5.74) is 0.986. The van der Waals surface area contributed by atoms with E-state index in [2.05, 4.69) is 25.2 Å². The third-order valence-corrected chi connectivity index (χ3v) is 4.59. The van der Waals surface area contributed by atoms with Gasteiger partial charge in [0.15, 0.2) is 0 Å². The quantitative estimate of drug-likeness (QED) is 0.632. The van der Waals surface area contributed by atoms with Gasteiger partial charge in [0.25, 0.3) is 5.69 Å². The smallest absolute Gasteiger partial charge is 0.292 e. The Morgan fingerprint density at radius 1 is 1.38 bits per heavy atom. The summed E-state index contributed by atoms with van der Waals surface area (Å²) in [5.74, 6) is 0. The van der Waals surface area contributed by atoms with Crippen molar-refractivity contribution < 1.29 is 10.0 Å². The predicted molar refractivity (Wildman–Crippen MR) is 84.9 cm³/mol. The van der Waals surface area contributed by atoms with Gasteiger partial charge in [0, 0.05) is 22.9 Å². The number of hydrogen-bond donors (Lipinski definition) is 2. The molecule has 0 saturated carbocycles. The molecule has 1 aromatic carbocycles. The number of nitrogens with zero attached hydrogens (tertiary/aromatic N) is 1. The molecule has 0 spiro atoms. The van der Waals surface area contributed by atoms with Gasteiger partial charge in [-0.3, -0.25) is 10.1 Å². The van der Waals surface area contributed by atoms with E-state index in [1.807, 2.05) is 11.4 Å². The number of aliphatic hydroxyl groups is 1. The van der Waals surface area contributed by atoms with Crippen LogP contribution in [0.2, 0.25) is 0 Å². The van der Waals surface area contributed by atoms with Crippen molar-refractivity contribution in [3.05, 3.63) is 56.3 Å². The summed E-state index contributed by atoms with van der Waals surface area (Å²) in [5, 5.41) is 25.4. The van der Waals surface area contributed by atoms with E-state index in [9.17, 15) is 15.2 Å². The maximum atomic E-state index is 11.1. The Kier molecular flexibility index (Phi) is 4.59. The van der Waals surface area contributed by atoms with Crippen molar-refractivity contribution in [3.63, 3.8) is 0 Å². The zero-order chi connectivity index (χ0) is 15.5. The maximum Gasteiger partial charge on any atom is 0.292 e. The molecule has 1 heterocycles. The van der Waals surface area contributed by atoms with Gasteiger partial charge in [-0.2, -0.15) is 0 Å². The molecule has 0 unspecified atom stereocenters. The fraction of sp³-hybridized carbons (Fsp3) is 0.333. The van der Waals surface area contributed by atoms with E-state index >= 15 is 0 Å². The van der Waals surface area contributed by atoms with Gasteiger partial charge in [0.1, 0.15) is 5.69 Å². The fourth-order valence-corrected chi connectivity index (χ4v) is 2.90. The first kappa shape index (κ1) is 15.5. The zero-order valence-electron chi connectivity index (χ0n) is 12.0. The van der Waals surface area contributed by atoms with Crippen LogP contribution in [0.25, 0.3) is 0 Å². The fourth-order valence-electron chi connectivity index (χ4n) is 2.05. The molecule has 0 aliphatic rings. The number of rotatable bonds is 6. The first-order chi connectivity index (χ1) is 9.94. The Hall–Kier alpha value is -1.92. The van der Waals surface area contributed by atoms with Gasteiger partial charge >= 0.3 is 0 Å². The lowest BCUT2D eigenvalue weighted by atomic mass is 9.91. The highest BCUT2D eigenvalue weighted by Gasteiger charge is 2.23. The second-order valence-corrected chi connectivity index (χ2v) is 6.43. The summed E-state index contributed by atoms with van der Waals surface area (Å²) in [4.78, 5) is 11.9. The monoisotopic (exact) mass is 306 g/mol. The van der Waals surface area contributed by atoms with Crippen molar-refractivity contribution in [1.29, 1.82) is 0 Å². The summed E-state index contributed by atoms with van der Waals surface area (Å²) in [6.07, 6.45) is 0. The second kappa shape index (κ2) is 6.24. The van der Waals surface area contributed by atoms with Crippen LogP contribution in [0.4, 0.5) is 11.4 Å². The van der Waals surface area contributed by atoms with Crippen molar-refractivity contribution >= 4 is 22.7 Å². The van der Waals surface area contributed by atoms with Crippen LogP contribution < -0.4 is 5.32 Å². The summed E-state index contributed by atoms with van der Waals surface area (Å²) in [7, 11) is 0. The van der Waals surface area contributed by atoms with Gasteiger partial charge in [-0.05, 0) is 29.1 Å². The van der Waals surface area contributed by atoms with Gasteiger partial charge in [0.2, 0.25) is 0 Å². The third-order valence-electron chi connectivity index (χ3n) is 3.35. The molecule has 112 valence electrons. The lowest BCUT2D eigenvalue weighted by Gasteiger charge is -2.24. The first-order valence-electron chi connectivity index (χ1n) is 6.60. The highest BCUT2D eigenvalue weighted by molar-refractivity contribution is 7.10. The molecular weight excluding hydrogens is 288 g/mol. The van der Waals surface area contributed by atoms with Crippen molar-refractivity contribution in [2.75, 3.05) is 11.9 Å². The predicted octanol–water partition coefficient (Wildman–Crippen LogP) is 3.54. The largest absolute Gasteiger partial charge is 0.392 e. The number of nitrogens with one attached hydrogen (secondary N) is 1. The Labute approximate surface area is 127 Å². The molecule has 21 heavy (non-hydrogen) atoms. The van der Waals surface area contributed by atoms with Crippen LogP contribution in [0.5, 0.6) is 0 Å². The topological polar surface area (TPSA) is 75.4 Å². The van der Waals surface area contributed by atoms with Crippen LogP contribution in [0.3, 0.4) is 0 Å². The normalized spacial score (nSPS) is 11.4. The molecule has 0 aliphatic carbocycles. The van der Waals surface area contributed by atoms with Crippen LogP contribution in [0, 0.1) is 10.1 Å². The minimum Gasteiger partial charge on any atom is -0.392 e. The molecular formula is C15H18N2O3S. The van der Waals surface area contributed by atoms with Crippen LogP contribution in [0.1, 0.15) is 24.3 Å². The van der Waals surface area contributed by atoms with E-state index in [0.717, 1.165) is 0 Å². The number of nitro groups is 1. The average molecular weight is 306 g/mol. The minimum absolute atomic E-state index is 0.0224.